The molecule has 0 spiro atoms. The van der Waals surface area contributed by atoms with Crippen molar-refractivity contribution in [1.29, 1.82) is 0 Å². The molecule has 1 heterocycles. The number of ether oxygens (including phenoxy) is 1. The van der Waals surface area contributed by atoms with Gasteiger partial charge in [-0.2, -0.15) is 0 Å². The van der Waals surface area contributed by atoms with Crippen LogP contribution in [0.1, 0.15) is 30.9 Å². The molecule has 0 bridgehead atoms. The highest BCUT2D eigenvalue weighted by atomic mass is 79.9. The monoisotopic (exact) mass is 355 g/mol. The molecule has 1 aromatic carbocycles. The molecule has 0 radical (unpaired) electrons. The average Bonchev–Trinajstić information content (AvgIpc) is 2.78. The molecule has 1 N–H and O–H groups in total. The summed E-state index contributed by atoms with van der Waals surface area (Å²) in [5.74, 6) is 1.75. The van der Waals surface area contributed by atoms with E-state index >= 15 is 0 Å². The van der Waals surface area contributed by atoms with E-state index in [-0.39, 0.29) is 12.4 Å². The molecule has 2 rings (SSSR count). The highest BCUT2D eigenvalue weighted by molar-refractivity contribution is 9.10. The molecule has 1 aromatic heterocycles. The molecule has 0 aliphatic rings. The molecule has 0 amide bonds. The summed E-state index contributed by atoms with van der Waals surface area (Å²) in [5, 5.41) is 3.35. The number of benzene rings is 1. The summed E-state index contributed by atoms with van der Waals surface area (Å²) >= 11 is 3.11. The van der Waals surface area contributed by atoms with Crippen LogP contribution in [-0.4, -0.2) is 6.04 Å². The molecule has 0 aliphatic carbocycles. The number of nitrogens with one attached hydrogen (secondary N) is 1. The molecule has 0 fully saturated rings. The summed E-state index contributed by atoms with van der Waals surface area (Å²) in [7, 11) is 0. The van der Waals surface area contributed by atoms with Crippen molar-refractivity contribution in [3.8, 4) is 5.75 Å². The van der Waals surface area contributed by atoms with Crippen LogP contribution in [0.3, 0.4) is 0 Å². The van der Waals surface area contributed by atoms with E-state index in [0.717, 1.165) is 23.6 Å². The lowest BCUT2D eigenvalue weighted by atomic mass is 10.2. The molecule has 0 aliphatic heterocycles. The Labute approximate surface area is 132 Å². The van der Waals surface area contributed by atoms with Gasteiger partial charge >= 0.3 is 0 Å². The maximum absolute atomic E-state index is 13.4. The van der Waals surface area contributed by atoms with Gasteiger partial charge in [0.1, 0.15) is 29.7 Å². The molecule has 0 atom stereocenters. The third-order valence-corrected chi connectivity index (χ3v) is 3.69. The quantitative estimate of drug-likeness (QED) is 0.824. The summed E-state index contributed by atoms with van der Waals surface area (Å²) in [5.41, 5.74) is 1.12. The first-order chi connectivity index (χ1) is 9.95. The van der Waals surface area contributed by atoms with Crippen molar-refractivity contribution in [1.82, 2.24) is 5.32 Å². The predicted molar refractivity (Wildman–Crippen MR) is 83.9 cm³/mol. The van der Waals surface area contributed by atoms with E-state index in [2.05, 4.69) is 35.1 Å². The van der Waals surface area contributed by atoms with Gasteiger partial charge in [0.25, 0.3) is 0 Å². The second-order valence-corrected chi connectivity index (χ2v) is 6.05. The largest absolute Gasteiger partial charge is 0.486 e. The van der Waals surface area contributed by atoms with Crippen molar-refractivity contribution in [3.05, 3.63) is 51.6 Å². The minimum absolute atomic E-state index is 0.281. The number of halogens is 2. The Hall–Kier alpha value is -1.33. The molecule has 114 valence electrons. The van der Waals surface area contributed by atoms with Crippen molar-refractivity contribution in [2.45, 2.75) is 40.0 Å². The SMILES string of the molecule is Cc1oc(COc2ccc(Br)c(F)c2)cc1CNC(C)C. The van der Waals surface area contributed by atoms with Crippen LogP contribution in [0.5, 0.6) is 5.75 Å². The van der Waals surface area contributed by atoms with E-state index in [1.807, 2.05) is 13.0 Å². The van der Waals surface area contributed by atoms with Crippen LogP contribution < -0.4 is 10.1 Å². The summed E-state index contributed by atoms with van der Waals surface area (Å²) in [6.45, 7) is 7.17. The van der Waals surface area contributed by atoms with Gasteiger partial charge in [0.15, 0.2) is 0 Å². The molecule has 2 aromatic rings. The minimum atomic E-state index is -0.343. The Bertz CT molecular complexity index is 610. The van der Waals surface area contributed by atoms with Crippen LogP contribution in [0.4, 0.5) is 4.39 Å². The maximum Gasteiger partial charge on any atom is 0.146 e. The first-order valence-corrected chi connectivity index (χ1v) is 7.64. The highest BCUT2D eigenvalue weighted by Gasteiger charge is 2.09. The van der Waals surface area contributed by atoms with Crippen molar-refractivity contribution >= 4 is 15.9 Å². The molecule has 0 unspecified atom stereocenters. The van der Waals surface area contributed by atoms with Gasteiger partial charge in [0.05, 0.1) is 4.47 Å². The lowest BCUT2D eigenvalue weighted by Gasteiger charge is -2.06. The Morgan fingerprint density at radius 3 is 2.76 bits per heavy atom. The Balaban J connectivity index is 1.96. The first-order valence-electron chi connectivity index (χ1n) is 6.85. The van der Waals surface area contributed by atoms with E-state index < -0.39 is 0 Å². The smallest absolute Gasteiger partial charge is 0.146 e. The number of furan rings is 1. The third-order valence-electron chi connectivity index (χ3n) is 3.04. The number of aryl methyl sites for hydroxylation is 1. The van der Waals surface area contributed by atoms with Gasteiger partial charge in [-0.3, -0.25) is 0 Å². The zero-order valence-corrected chi connectivity index (χ0v) is 14.0. The number of hydrogen-bond acceptors (Lipinski definition) is 3. The summed E-state index contributed by atoms with van der Waals surface area (Å²) < 4.78 is 25.0. The standard InChI is InChI=1S/C16H19BrFNO2/c1-10(2)19-8-12-6-14(21-11(12)3)9-20-13-4-5-15(17)16(18)7-13/h4-7,10,19H,8-9H2,1-3H3. The first kappa shape index (κ1) is 16.0. The van der Waals surface area contributed by atoms with Crippen LogP contribution in [0, 0.1) is 12.7 Å². The molecule has 5 heteroatoms. The molecular weight excluding hydrogens is 337 g/mol. The van der Waals surface area contributed by atoms with Crippen LogP contribution in [0.25, 0.3) is 0 Å². The normalized spacial score (nSPS) is 11.1. The fourth-order valence-corrected chi connectivity index (χ4v) is 2.12. The minimum Gasteiger partial charge on any atom is -0.486 e. The maximum atomic E-state index is 13.4. The zero-order chi connectivity index (χ0) is 15.4. The van der Waals surface area contributed by atoms with Crippen molar-refractivity contribution in [2.75, 3.05) is 0 Å². The van der Waals surface area contributed by atoms with E-state index in [9.17, 15) is 4.39 Å². The zero-order valence-electron chi connectivity index (χ0n) is 12.4. The average molecular weight is 356 g/mol. The van der Waals surface area contributed by atoms with E-state index in [4.69, 9.17) is 9.15 Å². The van der Waals surface area contributed by atoms with E-state index in [1.54, 1.807) is 12.1 Å². The number of hydrogen-bond donors (Lipinski definition) is 1. The lowest BCUT2D eigenvalue weighted by Crippen LogP contribution is -2.21. The van der Waals surface area contributed by atoms with Gasteiger partial charge in [-0.05, 0) is 41.1 Å². The number of rotatable bonds is 6. The van der Waals surface area contributed by atoms with Crippen molar-refractivity contribution < 1.29 is 13.5 Å². The van der Waals surface area contributed by atoms with Crippen LogP contribution in [0.2, 0.25) is 0 Å². The van der Waals surface area contributed by atoms with Crippen LogP contribution >= 0.6 is 15.9 Å². The predicted octanol–water partition coefficient (Wildman–Crippen LogP) is 4.57. The lowest BCUT2D eigenvalue weighted by molar-refractivity contribution is 0.266. The van der Waals surface area contributed by atoms with Gasteiger partial charge in [-0.25, -0.2) is 4.39 Å². The van der Waals surface area contributed by atoms with Gasteiger partial charge in [-0.1, -0.05) is 13.8 Å². The fourth-order valence-electron chi connectivity index (χ4n) is 1.87. The Morgan fingerprint density at radius 1 is 1.33 bits per heavy atom. The summed E-state index contributed by atoms with van der Waals surface area (Å²) in [4.78, 5) is 0. The second kappa shape index (κ2) is 7.09. The molecule has 3 nitrogen and oxygen atoms in total. The molecule has 0 saturated carbocycles. The topological polar surface area (TPSA) is 34.4 Å². The van der Waals surface area contributed by atoms with E-state index in [0.29, 0.717) is 16.3 Å². The van der Waals surface area contributed by atoms with Crippen LogP contribution in [-0.2, 0) is 13.2 Å². The van der Waals surface area contributed by atoms with Crippen molar-refractivity contribution in [3.63, 3.8) is 0 Å². The summed E-state index contributed by atoms with van der Waals surface area (Å²) in [6, 6.07) is 7.08. The molecule has 0 saturated heterocycles. The van der Waals surface area contributed by atoms with Gasteiger partial charge in [0.2, 0.25) is 0 Å². The Morgan fingerprint density at radius 2 is 2.10 bits per heavy atom. The van der Waals surface area contributed by atoms with E-state index in [1.165, 1.54) is 6.07 Å². The highest BCUT2D eigenvalue weighted by Crippen LogP contribution is 2.22. The summed E-state index contributed by atoms with van der Waals surface area (Å²) in [6.07, 6.45) is 0. The molecular formula is C16H19BrFNO2. The van der Waals surface area contributed by atoms with Crippen molar-refractivity contribution in [2.24, 2.45) is 0 Å². The van der Waals surface area contributed by atoms with Gasteiger partial charge < -0.3 is 14.5 Å². The fraction of sp³-hybridized carbons (Fsp3) is 0.375. The van der Waals surface area contributed by atoms with Gasteiger partial charge in [-0.15, -0.1) is 0 Å². The van der Waals surface area contributed by atoms with Crippen LogP contribution in [0.15, 0.2) is 33.2 Å². The molecule has 21 heavy (non-hydrogen) atoms. The third kappa shape index (κ3) is 4.58. The second-order valence-electron chi connectivity index (χ2n) is 5.19. The van der Waals surface area contributed by atoms with Gasteiger partial charge in [0, 0.05) is 24.2 Å². The Kier molecular flexibility index (Phi) is 5.42.